The number of amides is 1. The lowest BCUT2D eigenvalue weighted by molar-refractivity contribution is -0.121. The summed E-state index contributed by atoms with van der Waals surface area (Å²) in [6.45, 7) is 11.8. The van der Waals surface area contributed by atoms with Crippen LogP contribution in [0.15, 0.2) is 24.7 Å². The van der Waals surface area contributed by atoms with E-state index in [1.54, 1.807) is 12.5 Å². The summed E-state index contributed by atoms with van der Waals surface area (Å²) in [6, 6.07) is -0.0144. The number of imidazole rings is 1. The van der Waals surface area contributed by atoms with E-state index >= 15 is 0 Å². The van der Waals surface area contributed by atoms with E-state index in [1.807, 2.05) is 27.7 Å². The summed E-state index contributed by atoms with van der Waals surface area (Å²) >= 11 is 0. The molecule has 0 aliphatic rings. The highest BCUT2D eigenvalue weighted by Crippen LogP contribution is 2.06. The predicted octanol–water partition coefficient (Wildman–Crippen LogP) is 2.84. The molecule has 0 spiro atoms. The molecule has 1 atom stereocenters. The van der Waals surface area contributed by atoms with Crippen LogP contribution in [0, 0.1) is 0 Å². The standard InChI is InChI=1S/C12H19N3O.C2H6/c1-4-5-12(16)15-11(9(2)3)6-10-7-13-8-14-10;1-2/h7-8,11H,2,4-6H2,1,3H3,(H,13,14)(H,15,16);1-2H3. The summed E-state index contributed by atoms with van der Waals surface area (Å²) in [7, 11) is 0. The second-order valence-corrected chi connectivity index (χ2v) is 4.00. The van der Waals surface area contributed by atoms with Crippen LogP contribution in [-0.2, 0) is 11.2 Å². The summed E-state index contributed by atoms with van der Waals surface area (Å²) in [5, 5.41) is 2.97. The van der Waals surface area contributed by atoms with Crippen molar-refractivity contribution >= 4 is 5.91 Å². The van der Waals surface area contributed by atoms with Crippen LogP contribution in [0.3, 0.4) is 0 Å². The SMILES string of the molecule is C=C(C)C(Cc1cnc[nH]1)NC(=O)CCC.CC. The highest BCUT2D eigenvalue weighted by Gasteiger charge is 2.13. The van der Waals surface area contributed by atoms with Crippen molar-refractivity contribution in [3.63, 3.8) is 0 Å². The van der Waals surface area contributed by atoms with Crippen molar-refractivity contribution in [3.8, 4) is 0 Å². The lowest BCUT2D eigenvalue weighted by atomic mass is 10.1. The zero-order valence-corrected chi connectivity index (χ0v) is 11.9. The van der Waals surface area contributed by atoms with Crippen molar-refractivity contribution in [2.45, 2.75) is 53.0 Å². The van der Waals surface area contributed by atoms with Crippen molar-refractivity contribution in [1.82, 2.24) is 15.3 Å². The van der Waals surface area contributed by atoms with Gasteiger partial charge in [-0.05, 0) is 13.3 Å². The first-order chi connectivity index (χ1) is 8.63. The van der Waals surface area contributed by atoms with Gasteiger partial charge in [-0.25, -0.2) is 4.98 Å². The molecule has 1 heterocycles. The third-order valence-corrected chi connectivity index (χ3v) is 2.39. The number of H-pyrrole nitrogens is 1. The second kappa shape index (κ2) is 9.45. The number of hydrogen-bond acceptors (Lipinski definition) is 2. The molecule has 4 nitrogen and oxygen atoms in total. The number of nitrogens with zero attached hydrogens (tertiary/aromatic N) is 1. The van der Waals surface area contributed by atoms with Crippen LogP contribution in [0.2, 0.25) is 0 Å². The van der Waals surface area contributed by atoms with Gasteiger partial charge in [-0.3, -0.25) is 4.79 Å². The van der Waals surface area contributed by atoms with Crippen LogP contribution in [0.4, 0.5) is 0 Å². The maximum Gasteiger partial charge on any atom is 0.220 e. The number of carbonyl (C=O) groups excluding carboxylic acids is 1. The van der Waals surface area contributed by atoms with Crippen LogP contribution >= 0.6 is 0 Å². The third kappa shape index (κ3) is 6.23. The molecule has 0 saturated heterocycles. The van der Waals surface area contributed by atoms with Crippen molar-refractivity contribution in [1.29, 1.82) is 0 Å². The monoisotopic (exact) mass is 251 g/mol. The van der Waals surface area contributed by atoms with E-state index in [-0.39, 0.29) is 11.9 Å². The molecule has 1 rings (SSSR count). The average Bonchev–Trinajstić information content (AvgIpc) is 2.84. The molecule has 0 radical (unpaired) electrons. The van der Waals surface area contributed by atoms with E-state index in [0.717, 1.165) is 17.7 Å². The van der Waals surface area contributed by atoms with Crippen LogP contribution in [-0.4, -0.2) is 21.9 Å². The Bertz CT molecular complexity index is 344. The largest absolute Gasteiger partial charge is 0.349 e. The van der Waals surface area contributed by atoms with Gasteiger partial charge in [0.2, 0.25) is 5.91 Å². The zero-order chi connectivity index (χ0) is 14.0. The third-order valence-electron chi connectivity index (χ3n) is 2.39. The Kier molecular flexibility index (Phi) is 8.62. The average molecular weight is 251 g/mol. The second-order valence-electron chi connectivity index (χ2n) is 4.00. The van der Waals surface area contributed by atoms with Crippen molar-refractivity contribution in [3.05, 3.63) is 30.4 Å². The van der Waals surface area contributed by atoms with E-state index in [9.17, 15) is 4.79 Å². The number of carbonyl (C=O) groups is 1. The molecule has 0 fully saturated rings. The summed E-state index contributed by atoms with van der Waals surface area (Å²) in [5.74, 6) is 0.0787. The fourth-order valence-electron chi connectivity index (χ4n) is 1.46. The van der Waals surface area contributed by atoms with Gasteiger partial charge in [-0.15, -0.1) is 0 Å². The lowest BCUT2D eigenvalue weighted by Gasteiger charge is -2.18. The van der Waals surface area contributed by atoms with Crippen molar-refractivity contribution in [2.75, 3.05) is 0 Å². The highest BCUT2D eigenvalue weighted by atomic mass is 16.1. The first-order valence-electron chi connectivity index (χ1n) is 6.55. The molecule has 102 valence electrons. The van der Waals surface area contributed by atoms with E-state index in [1.165, 1.54) is 0 Å². The Morgan fingerprint density at radius 3 is 2.67 bits per heavy atom. The van der Waals surface area contributed by atoms with Gasteiger partial charge in [0.05, 0.1) is 12.4 Å². The van der Waals surface area contributed by atoms with Crippen LogP contribution < -0.4 is 5.32 Å². The van der Waals surface area contributed by atoms with Crippen molar-refractivity contribution in [2.24, 2.45) is 0 Å². The molecule has 0 aliphatic carbocycles. The topological polar surface area (TPSA) is 57.8 Å². The molecular formula is C14H25N3O. The minimum Gasteiger partial charge on any atom is -0.349 e. The molecule has 0 aromatic carbocycles. The minimum atomic E-state index is -0.0144. The molecule has 1 unspecified atom stereocenters. The Morgan fingerprint density at radius 1 is 1.56 bits per heavy atom. The fraction of sp³-hybridized carbons (Fsp3) is 0.571. The lowest BCUT2D eigenvalue weighted by Crippen LogP contribution is -2.37. The number of hydrogen-bond donors (Lipinski definition) is 2. The van der Waals surface area contributed by atoms with Crippen LogP contribution in [0.25, 0.3) is 0 Å². The Morgan fingerprint density at radius 2 is 2.22 bits per heavy atom. The maximum atomic E-state index is 11.5. The summed E-state index contributed by atoms with van der Waals surface area (Å²) in [5.41, 5.74) is 1.96. The maximum absolute atomic E-state index is 11.5. The quantitative estimate of drug-likeness (QED) is 0.764. The van der Waals surface area contributed by atoms with Gasteiger partial charge in [0.1, 0.15) is 0 Å². The first-order valence-corrected chi connectivity index (χ1v) is 6.55. The Balaban J connectivity index is 0.00000137. The molecule has 0 bridgehead atoms. The minimum absolute atomic E-state index is 0.0144. The van der Waals surface area contributed by atoms with E-state index in [4.69, 9.17) is 0 Å². The molecule has 1 aromatic rings. The number of aromatic nitrogens is 2. The number of nitrogens with one attached hydrogen (secondary N) is 2. The van der Waals surface area contributed by atoms with Gasteiger partial charge in [0.15, 0.2) is 0 Å². The predicted molar refractivity (Wildman–Crippen MR) is 75.3 cm³/mol. The molecule has 1 amide bonds. The van der Waals surface area contributed by atoms with Gasteiger partial charge in [-0.2, -0.15) is 0 Å². The Labute approximate surface area is 110 Å². The summed E-state index contributed by atoms with van der Waals surface area (Å²) in [6.07, 6.45) is 5.54. The van der Waals surface area contributed by atoms with Gasteiger partial charge in [0.25, 0.3) is 0 Å². The molecule has 0 aliphatic heterocycles. The van der Waals surface area contributed by atoms with Gasteiger partial charge >= 0.3 is 0 Å². The van der Waals surface area contributed by atoms with Crippen molar-refractivity contribution < 1.29 is 4.79 Å². The summed E-state index contributed by atoms with van der Waals surface area (Å²) in [4.78, 5) is 18.5. The molecule has 1 aromatic heterocycles. The highest BCUT2D eigenvalue weighted by molar-refractivity contribution is 5.76. The summed E-state index contributed by atoms with van der Waals surface area (Å²) < 4.78 is 0. The van der Waals surface area contributed by atoms with E-state index in [0.29, 0.717) is 12.8 Å². The van der Waals surface area contributed by atoms with Crippen LogP contribution in [0.1, 0.15) is 46.2 Å². The molecule has 0 saturated carbocycles. The molecule has 4 heteroatoms. The molecule has 18 heavy (non-hydrogen) atoms. The smallest absolute Gasteiger partial charge is 0.220 e. The van der Waals surface area contributed by atoms with Gasteiger partial charge in [-0.1, -0.05) is 32.9 Å². The molecular weight excluding hydrogens is 226 g/mol. The zero-order valence-electron chi connectivity index (χ0n) is 11.9. The van der Waals surface area contributed by atoms with Crippen LogP contribution in [0.5, 0.6) is 0 Å². The van der Waals surface area contributed by atoms with Gasteiger partial charge in [0, 0.05) is 24.7 Å². The number of rotatable bonds is 6. The normalized spacial score (nSPS) is 11.1. The van der Waals surface area contributed by atoms with E-state index in [2.05, 4.69) is 21.9 Å². The Hall–Kier alpha value is -1.58. The first kappa shape index (κ1) is 16.4. The van der Waals surface area contributed by atoms with Gasteiger partial charge < -0.3 is 10.3 Å². The number of aromatic amines is 1. The molecule has 2 N–H and O–H groups in total. The fourth-order valence-corrected chi connectivity index (χ4v) is 1.46. The van der Waals surface area contributed by atoms with E-state index < -0.39 is 0 Å².